The molecule has 2 heterocycles. The molecule has 0 unspecified atom stereocenters. The second-order valence-corrected chi connectivity index (χ2v) is 7.22. The first-order chi connectivity index (χ1) is 13.5. The van der Waals surface area contributed by atoms with Gasteiger partial charge in [0.15, 0.2) is 6.10 Å². The first kappa shape index (κ1) is 20.0. The van der Waals surface area contributed by atoms with Gasteiger partial charge >= 0.3 is 5.97 Å². The summed E-state index contributed by atoms with van der Waals surface area (Å²) >= 11 is 0. The molecule has 1 aromatic heterocycles. The van der Waals surface area contributed by atoms with Gasteiger partial charge in [-0.15, -0.1) is 0 Å². The SMILES string of the molecule is CCCNC(=O)[C@H](C)OC(=O)c1ccc2c(=O)n3c(nc2c1)CCCCCC3. The third-order valence-corrected chi connectivity index (χ3v) is 5.00. The van der Waals surface area contributed by atoms with Gasteiger partial charge in [-0.2, -0.15) is 0 Å². The molecule has 0 bridgehead atoms. The smallest absolute Gasteiger partial charge is 0.338 e. The Morgan fingerprint density at radius 3 is 2.82 bits per heavy atom. The lowest BCUT2D eigenvalue weighted by Crippen LogP contribution is -2.36. The predicted octanol–water partition coefficient (Wildman–Crippen LogP) is 2.58. The number of nitrogens with zero attached hydrogens (tertiary/aromatic N) is 2. The van der Waals surface area contributed by atoms with Crippen molar-refractivity contribution in [1.82, 2.24) is 14.9 Å². The minimum Gasteiger partial charge on any atom is -0.449 e. The van der Waals surface area contributed by atoms with Crippen molar-refractivity contribution in [3.63, 3.8) is 0 Å². The van der Waals surface area contributed by atoms with Gasteiger partial charge in [0, 0.05) is 19.5 Å². The molecule has 3 rings (SSSR count). The zero-order valence-corrected chi connectivity index (χ0v) is 16.5. The maximum absolute atomic E-state index is 12.8. The zero-order chi connectivity index (χ0) is 20.1. The first-order valence-electron chi connectivity index (χ1n) is 10.0. The minimum absolute atomic E-state index is 0.0610. The highest BCUT2D eigenvalue weighted by Gasteiger charge is 2.20. The number of nitrogens with one attached hydrogen (secondary N) is 1. The lowest BCUT2D eigenvalue weighted by Gasteiger charge is -2.16. The number of carbonyl (C=O) groups excluding carboxylic acids is 2. The van der Waals surface area contributed by atoms with Gasteiger partial charge in [-0.25, -0.2) is 9.78 Å². The molecule has 1 amide bonds. The van der Waals surface area contributed by atoms with E-state index in [1.807, 2.05) is 6.92 Å². The van der Waals surface area contributed by atoms with Gasteiger partial charge < -0.3 is 10.1 Å². The quantitative estimate of drug-likeness (QED) is 0.799. The number of benzene rings is 1. The molecule has 0 radical (unpaired) electrons. The summed E-state index contributed by atoms with van der Waals surface area (Å²) in [5, 5.41) is 3.19. The fourth-order valence-corrected chi connectivity index (χ4v) is 3.40. The molecule has 7 heteroatoms. The van der Waals surface area contributed by atoms with Crippen molar-refractivity contribution in [2.24, 2.45) is 0 Å². The average Bonchev–Trinajstić information content (AvgIpc) is 2.67. The standard InChI is InChI=1S/C21H27N3O4/c1-3-11-22-19(25)14(2)28-21(27)15-9-10-16-17(13-15)23-18-8-6-4-5-7-12-24(18)20(16)26/h9-10,13-14H,3-8,11-12H2,1-2H3,(H,22,25)/t14-/m0/s1. The van der Waals surface area contributed by atoms with Crippen LogP contribution in [0.4, 0.5) is 0 Å². The van der Waals surface area contributed by atoms with Gasteiger partial charge in [-0.1, -0.05) is 19.8 Å². The van der Waals surface area contributed by atoms with Crippen molar-refractivity contribution >= 4 is 22.8 Å². The van der Waals surface area contributed by atoms with Crippen LogP contribution in [-0.2, 0) is 22.5 Å². The number of carbonyl (C=O) groups is 2. The lowest BCUT2D eigenvalue weighted by atomic mass is 10.1. The number of aromatic nitrogens is 2. The highest BCUT2D eigenvalue weighted by Crippen LogP contribution is 2.17. The van der Waals surface area contributed by atoms with Crippen LogP contribution in [0.5, 0.6) is 0 Å². The van der Waals surface area contributed by atoms with E-state index in [9.17, 15) is 14.4 Å². The van der Waals surface area contributed by atoms with Crippen molar-refractivity contribution in [2.75, 3.05) is 6.54 Å². The highest BCUT2D eigenvalue weighted by molar-refractivity contribution is 5.95. The monoisotopic (exact) mass is 385 g/mol. The van der Waals surface area contributed by atoms with Crippen molar-refractivity contribution in [3.05, 3.63) is 39.9 Å². The van der Waals surface area contributed by atoms with Crippen LogP contribution in [0.2, 0.25) is 0 Å². The Morgan fingerprint density at radius 1 is 1.25 bits per heavy atom. The molecule has 0 saturated heterocycles. The molecular formula is C21H27N3O4. The Hall–Kier alpha value is -2.70. The maximum atomic E-state index is 12.8. The summed E-state index contributed by atoms with van der Waals surface area (Å²) in [5.74, 6) is -0.154. The Bertz CT molecular complexity index is 935. The summed E-state index contributed by atoms with van der Waals surface area (Å²) < 4.78 is 7.03. The minimum atomic E-state index is -0.885. The van der Waals surface area contributed by atoms with E-state index in [4.69, 9.17) is 4.74 Å². The molecule has 1 aliphatic heterocycles. The number of fused-ring (bicyclic) bond motifs is 2. The molecular weight excluding hydrogens is 358 g/mol. The lowest BCUT2D eigenvalue weighted by molar-refractivity contribution is -0.129. The van der Waals surface area contributed by atoms with Crippen LogP contribution in [0.1, 0.15) is 62.1 Å². The summed E-state index contributed by atoms with van der Waals surface area (Å²) in [6.45, 7) is 4.71. The molecule has 150 valence electrons. The zero-order valence-electron chi connectivity index (χ0n) is 16.5. The predicted molar refractivity (Wildman–Crippen MR) is 106 cm³/mol. The topological polar surface area (TPSA) is 90.3 Å². The van der Waals surface area contributed by atoms with E-state index >= 15 is 0 Å². The number of aryl methyl sites for hydroxylation is 1. The summed E-state index contributed by atoms with van der Waals surface area (Å²) in [4.78, 5) is 41.8. The number of esters is 1. The molecule has 1 atom stereocenters. The van der Waals surface area contributed by atoms with Gasteiger partial charge in [-0.3, -0.25) is 14.2 Å². The van der Waals surface area contributed by atoms with Crippen LogP contribution in [-0.4, -0.2) is 34.1 Å². The Labute approximate surface area is 164 Å². The van der Waals surface area contributed by atoms with Crippen LogP contribution in [0, 0.1) is 0 Å². The summed E-state index contributed by atoms with van der Waals surface area (Å²) in [6, 6.07) is 4.75. The summed E-state index contributed by atoms with van der Waals surface area (Å²) in [5.41, 5.74) is 0.717. The van der Waals surface area contributed by atoms with Gasteiger partial charge in [-0.05, 0) is 44.4 Å². The Kier molecular flexibility index (Phi) is 6.44. The summed E-state index contributed by atoms with van der Waals surface area (Å²) in [7, 11) is 0. The Balaban J connectivity index is 1.85. The van der Waals surface area contributed by atoms with Crippen molar-refractivity contribution < 1.29 is 14.3 Å². The van der Waals surface area contributed by atoms with E-state index in [-0.39, 0.29) is 17.0 Å². The van der Waals surface area contributed by atoms with Gasteiger partial charge in [0.2, 0.25) is 0 Å². The normalized spacial score (nSPS) is 15.2. The van der Waals surface area contributed by atoms with Crippen LogP contribution < -0.4 is 10.9 Å². The molecule has 1 aromatic carbocycles. The van der Waals surface area contributed by atoms with E-state index in [1.165, 1.54) is 6.92 Å². The maximum Gasteiger partial charge on any atom is 0.338 e. The third kappa shape index (κ3) is 4.40. The van der Waals surface area contributed by atoms with Crippen LogP contribution in [0.15, 0.2) is 23.0 Å². The van der Waals surface area contributed by atoms with Crippen LogP contribution >= 0.6 is 0 Å². The number of hydrogen-bond acceptors (Lipinski definition) is 5. The van der Waals surface area contributed by atoms with E-state index in [0.717, 1.165) is 44.3 Å². The third-order valence-electron chi connectivity index (χ3n) is 5.00. The van der Waals surface area contributed by atoms with Gasteiger partial charge in [0.05, 0.1) is 16.5 Å². The molecule has 1 N–H and O–H groups in total. The number of rotatable bonds is 5. The second kappa shape index (κ2) is 8.99. The molecule has 0 aliphatic carbocycles. The van der Waals surface area contributed by atoms with Crippen LogP contribution in [0.25, 0.3) is 10.9 Å². The first-order valence-corrected chi connectivity index (χ1v) is 10.0. The van der Waals surface area contributed by atoms with Gasteiger partial charge in [0.25, 0.3) is 11.5 Å². The molecule has 1 aliphatic rings. The van der Waals surface area contributed by atoms with Gasteiger partial charge in [0.1, 0.15) is 5.82 Å². The van der Waals surface area contributed by atoms with Crippen molar-refractivity contribution in [1.29, 1.82) is 0 Å². The molecule has 28 heavy (non-hydrogen) atoms. The molecule has 2 aromatic rings. The van der Waals surface area contributed by atoms with E-state index in [0.29, 0.717) is 24.0 Å². The molecule has 0 fully saturated rings. The van der Waals surface area contributed by atoms with Crippen LogP contribution in [0.3, 0.4) is 0 Å². The van der Waals surface area contributed by atoms with E-state index < -0.39 is 12.1 Å². The number of ether oxygens (including phenoxy) is 1. The fourth-order valence-electron chi connectivity index (χ4n) is 3.40. The molecule has 0 spiro atoms. The van der Waals surface area contributed by atoms with Crippen molar-refractivity contribution in [2.45, 2.75) is 65.0 Å². The second-order valence-electron chi connectivity index (χ2n) is 7.22. The Morgan fingerprint density at radius 2 is 2.04 bits per heavy atom. The summed E-state index contributed by atoms with van der Waals surface area (Å²) in [6.07, 6.45) is 4.92. The molecule has 0 saturated carbocycles. The average molecular weight is 385 g/mol. The van der Waals surface area contributed by atoms with Crippen molar-refractivity contribution in [3.8, 4) is 0 Å². The largest absolute Gasteiger partial charge is 0.449 e. The molecule has 7 nitrogen and oxygen atoms in total. The van der Waals surface area contributed by atoms with E-state index in [2.05, 4.69) is 10.3 Å². The highest BCUT2D eigenvalue weighted by atomic mass is 16.5. The van der Waals surface area contributed by atoms with E-state index in [1.54, 1.807) is 22.8 Å². The fraction of sp³-hybridized carbons (Fsp3) is 0.524. The number of amides is 1. The number of hydrogen-bond donors (Lipinski definition) is 1.